The lowest BCUT2D eigenvalue weighted by Crippen LogP contribution is -2.00. The Balaban J connectivity index is 2.50. The van der Waals surface area contributed by atoms with Gasteiger partial charge >= 0.3 is 0 Å². The zero-order valence-electron chi connectivity index (χ0n) is 5.98. The van der Waals surface area contributed by atoms with E-state index in [2.05, 4.69) is 0 Å². The van der Waals surface area contributed by atoms with E-state index in [-0.39, 0.29) is 0 Å². The molecular formula is C8H12O. The van der Waals surface area contributed by atoms with E-state index in [0.717, 1.165) is 18.4 Å². The minimum atomic E-state index is 0.359. The van der Waals surface area contributed by atoms with Crippen molar-refractivity contribution in [3.05, 3.63) is 11.6 Å². The largest absolute Gasteiger partial charge is 0.294 e. The number of rotatable bonds is 2. The van der Waals surface area contributed by atoms with Gasteiger partial charge in [0.15, 0.2) is 5.78 Å². The lowest BCUT2D eigenvalue weighted by Gasteiger charge is -1.93. The Labute approximate surface area is 55.8 Å². The molecule has 0 amide bonds. The minimum absolute atomic E-state index is 0.359. The Morgan fingerprint density at radius 1 is 1.56 bits per heavy atom. The molecule has 1 fully saturated rings. The molecule has 0 atom stereocenters. The van der Waals surface area contributed by atoms with E-state index in [0.29, 0.717) is 11.7 Å². The molecule has 9 heavy (non-hydrogen) atoms. The lowest BCUT2D eigenvalue weighted by molar-refractivity contribution is -0.116. The predicted octanol–water partition coefficient (Wildman–Crippen LogP) is 1.93. The quantitative estimate of drug-likeness (QED) is 0.514. The number of allylic oxidation sites excluding steroid dienone is 2. The summed E-state index contributed by atoms with van der Waals surface area (Å²) in [5, 5.41) is 0. The molecule has 0 saturated heterocycles. The lowest BCUT2D eigenvalue weighted by atomic mass is 10.1. The Hall–Kier alpha value is -0.590. The molecular weight excluding hydrogens is 112 g/mol. The van der Waals surface area contributed by atoms with Crippen molar-refractivity contribution in [2.45, 2.75) is 26.7 Å². The van der Waals surface area contributed by atoms with Gasteiger partial charge in [-0.3, -0.25) is 4.79 Å². The van der Waals surface area contributed by atoms with Crippen molar-refractivity contribution < 1.29 is 4.79 Å². The van der Waals surface area contributed by atoms with Crippen LogP contribution in [0, 0.1) is 5.92 Å². The second-order valence-electron chi connectivity index (χ2n) is 2.61. The molecule has 0 bridgehead atoms. The zero-order valence-corrected chi connectivity index (χ0v) is 5.98. The summed E-state index contributed by atoms with van der Waals surface area (Å²) in [6.07, 6.45) is 4.12. The summed E-state index contributed by atoms with van der Waals surface area (Å²) in [5.41, 5.74) is 0.928. The molecule has 1 aliphatic rings. The van der Waals surface area contributed by atoms with Gasteiger partial charge < -0.3 is 0 Å². The predicted molar refractivity (Wildman–Crippen MR) is 37.2 cm³/mol. The van der Waals surface area contributed by atoms with Crippen LogP contribution in [0.1, 0.15) is 26.7 Å². The highest BCUT2D eigenvalue weighted by Crippen LogP contribution is 2.31. The van der Waals surface area contributed by atoms with Crippen LogP contribution in [-0.4, -0.2) is 5.78 Å². The van der Waals surface area contributed by atoms with Gasteiger partial charge in [0.25, 0.3) is 0 Å². The maximum atomic E-state index is 11.1. The molecule has 1 heteroatoms. The number of carbonyl (C=O) groups is 1. The Bertz CT molecular complexity index is 152. The maximum absolute atomic E-state index is 11.1. The third-order valence-electron chi connectivity index (χ3n) is 1.77. The molecule has 0 N–H and O–H groups in total. The number of Topliss-reactive ketones (excluding diaryl/α,β-unsaturated/α-hetero) is 1. The zero-order chi connectivity index (χ0) is 6.85. The summed E-state index contributed by atoms with van der Waals surface area (Å²) in [5.74, 6) is 0.749. The highest BCUT2D eigenvalue weighted by molar-refractivity contribution is 5.97. The molecule has 0 aromatic rings. The molecule has 0 aromatic heterocycles. The summed E-state index contributed by atoms with van der Waals surface area (Å²) in [4.78, 5) is 11.1. The van der Waals surface area contributed by atoms with E-state index in [4.69, 9.17) is 0 Å². The Kier molecular flexibility index (Phi) is 1.70. The van der Waals surface area contributed by atoms with Gasteiger partial charge in [-0.1, -0.05) is 6.08 Å². The van der Waals surface area contributed by atoms with Gasteiger partial charge in [0.2, 0.25) is 0 Å². The average molecular weight is 124 g/mol. The molecule has 1 nitrogen and oxygen atoms in total. The van der Waals surface area contributed by atoms with Crippen LogP contribution in [0.3, 0.4) is 0 Å². The van der Waals surface area contributed by atoms with Gasteiger partial charge in [-0.05, 0) is 32.3 Å². The van der Waals surface area contributed by atoms with Crippen molar-refractivity contribution in [3.8, 4) is 0 Å². The SMILES string of the molecule is C/C=C(\C)C(=O)C1CC1. The third kappa shape index (κ3) is 1.41. The number of hydrogen-bond donors (Lipinski definition) is 0. The van der Waals surface area contributed by atoms with Crippen LogP contribution in [0.2, 0.25) is 0 Å². The fourth-order valence-corrected chi connectivity index (χ4v) is 0.810. The van der Waals surface area contributed by atoms with Crippen molar-refractivity contribution in [1.82, 2.24) is 0 Å². The Morgan fingerprint density at radius 2 is 2.11 bits per heavy atom. The van der Waals surface area contributed by atoms with Gasteiger partial charge in [-0.15, -0.1) is 0 Å². The summed E-state index contributed by atoms with van der Waals surface area (Å²) in [7, 11) is 0. The topological polar surface area (TPSA) is 17.1 Å². The van der Waals surface area contributed by atoms with Gasteiger partial charge in [-0.2, -0.15) is 0 Å². The third-order valence-corrected chi connectivity index (χ3v) is 1.77. The summed E-state index contributed by atoms with van der Waals surface area (Å²) >= 11 is 0. The van der Waals surface area contributed by atoms with Crippen molar-refractivity contribution in [3.63, 3.8) is 0 Å². The second kappa shape index (κ2) is 2.34. The molecule has 0 heterocycles. The standard InChI is InChI=1S/C8H12O/c1-3-6(2)8(9)7-4-5-7/h3,7H,4-5H2,1-2H3/b6-3+. The van der Waals surface area contributed by atoms with E-state index in [1.165, 1.54) is 0 Å². The van der Waals surface area contributed by atoms with Crippen LogP contribution >= 0.6 is 0 Å². The Morgan fingerprint density at radius 3 is 2.44 bits per heavy atom. The number of carbonyl (C=O) groups excluding carboxylic acids is 1. The normalized spacial score (nSPS) is 20.0. The molecule has 0 aromatic carbocycles. The first-order valence-electron chi connectivity index (χ1n) is 3.43. The van der Waals surface area contributed by atoms with Gasteiger partial charge in [0.05, 0.1) is 0 Å². The average Bonchev–Trinajstić information content (AvgIpc) is 2.66. The maximum Gasteiger partial charge on any atom is 0.161 e. The van der Waals surface area contributed by atoms with Crippen molar-refractivity contribution in [2.24, 2.45) is 5.92 Å². The van der Waals surface area contributed by atoms with Crippen molar-refractivity contribution in [2.75, 3.05) is 0 Å². The van der Waals surface area contributed by atoms with Crippen LogP contribution in [0.25, 0.3) is 0 Å². The monoisotopic (exact) mass is 124 g/mol. The first kappa shape index (κ1) is 6.53. The van der Waals surface area contributed by atoms with Crippen molar-refractivity contribution >= 4 is 5.78 Å². The first-order chi connectivity index (χ1) is 4.25. The van der Waals surface area contributed by atoms with E-state index in [9.17, 15) is 4.79 Å². The van der Waals surface area contributed by atoms with E-state index >= 15 is 0 Å². The summed E-state index contributed by atoms with van der Waals surface area (Å²) in [6.45, 7) is 3.80. The number of ketones is 1. The van der Waals surface area contributed by atoms with E-state index in [1.807, 2.05) is 19.9 Å². The highest BCUT2D eigenvalue weighted by Gasteiger charge is 2.29. The van der Waals surface area contributed by atoms with E-state index < -0.39 is 0 Å². The van der Waals surface area contributed by atoms with Crippen LogP contribution in [0.4, 0.5) is 0 Å². The molecule has 1 rings (SSSR count). The van der Waals surface area contributed by atoms with Crippen LogP contribution in [0.5, 0.6) is 0 Å². The highest BCUT2D eigenvalue weighted by atomic mass is 16.1. The van der Waals surface area contributed by atoms with Crippen LogP contribution in [0.15, 0.2) is 11.6 Å². The van der Waals surface area contributed by atoms with Gasteiger partial charge in [-0.25, -0.2) is 0 Å². The molecule has 1 aliphatic carbocycles. The smallest absolute Gasteiger partial charge is 0.161 e. The first-order valence-corrected chi connectivity index (χ1v) is 3.43. The van der Waals surface area contributed by atoms with Crippen LogP contribution in [-0.2, 0) is 4.79 Å². The second-order valence-corrected chi connectivity index (χ2v) is 2.61. The molecule has 0 spiro atoms. The van der Waals surface area contributed by atoms with E-state index in [1.54, 1.807) is 0 Å². The fraction of sp³-hybridized carbons (Fsp3) is 0.625. The summed E-state index contributed by atoms with van der Waals surface area (Å²) < 4.78 is 0. The molecule has 0 unspecified atom stereocenters. The van der Waals surface area contributed by atoms with Crippen LogP contribution < -0.4 is 0 Å². The number of hydrogen-bond acceptors (Lipinski definition) is 1. The molecule has 0 radical (unpaired) electrons. The van der Waals surface area contributed by atoms with Crippen molar-refractivity contribution in [1.29, 1.82) is 0 Å². The molecule has 1 saturated carbocycles. The fourth-order valence-electron chi connectivity index (χ4n) is 0.810. The molecule has 0 aliphatic heterocycles. The van der Waals surface area contributed by atoms with Gasteiger partial charge in [0.1, 0.15) is 0 Å². The van der Waals surface area contributed by atoms with Gasteiger partial charge in [0, 0.05) is 5.92 Å². The minimum Gasteiger partial charge on any atom is -0.294 e. The summed E-state index contributed by atoms with van der Waals surface area (Å²) in [6, 6.07) is 0. The molecule has 50 valence electrons.